The molecule has 1 aliphatic carbocycles. The predicted octanol–water partition coefficient (Wildman–Crippen LogP) is 3.75. The number of aliphatic hydroxyl groups is 1. The maximum atomic E-state index is 14.2. The third kappa shape index (κ3) is 3.69. The van der Waals surface area contributed by atoms with Gasteiger partial charge in [-0.2, -0.15) is 0 Å². The molecule has 2 aromatic carbocycles. The predicted molar refractivity (Wildman–Crippen MR) is 101 cm³/mol. The summed E-state index contributed by atoms with van der Waals surface area (Å²) >= 11 is 0. The van der Waals surface area contributed by atoms with Gasteiger partial charge >= 0.3 is 6.03 Å². The van der Waals surface area contributed by atoms with Crippen LogP contribution in [-0.4, -0.2) is 36.2 Å². The lowest BCUT2D eigenvalue weighted by Gasteiger charge is -2.39. The highest BCUT2D eigenvalue weighted by atomic mass is 19.1. The van der Waals surface area contributed by atoms with Crippen LogP contribution in [0.2, 0.25) is 0 Å². The van der Waals surface area contributed by atoms with E-state index in [1.54, 1.807) is 12.1 Å². The number of hydrogen-bond donors (Lipinski definition) is 3. The number of amides is 2. The molecule has 0 spiro atoms. The van der Waals surface area contributed by atoms with Crippen LogP contribution in [0.15, 0.2) is 30.3 Å². The Labute approximate surface area is 170 Å². The van der Waals surface area contributed by atoms with Gasteiger partial charge in [0.1, 0.15) is 19.2 Å². The van der Waals surface area contributed by atoms with Crippen molar-refractivity contribution in [2.45, 2.75) is 37.0 Å². The summed E-state index contributed by atoms with van der Waals surface area (Å²) in [6, 6.07) is 5.00. The summed E-state index contributed by atoms with van der Waals surface area (Å²) in [6.45, 7) is -2.49. The van der Waals surface area contributed by atoms with E-state index >= 15 is 0 Å². The number of alkyl halides is 2. The molecule has 2 aliphatic rings. The molecule has 0 radical (unpaired) electrons. The van der Waals surface area contributed by atoms with E-state index in [-0.39, 0.29) is 12.0 Å². The van der Waals surface area contributed by atoms with Gasteiger partial charge in [-0.05, 0) is 29.7 Å². The number of carbonyl (C=O) groups is 1. The normalized spacial score (nSPS) is 21.4. The first-order valence-electron chi connectivity index (χ1n) is 9.50. The molecule has 0 saturated carbocycles. The van der Waals surface area contributed by atoms with Gasteiger partial charge in [0, 0.05) is 30.2 Å². The summed E-state index contributed by atoms with van der Waals surface area (Å²) < 4.78 is 60.3. The second-order valence-electron chi connectivity index (χ2n) is 7.72. The molecule has 4 rings (SSSR count). The van der Waals surface area contributed by atoms with Crippen molar-refractivity contribution >= 4 is 11.7 Å². The number of rotatable bonds is 4. The largest absolute Gasteiger partial charge is 0.478 e. The highest BCUT2D eigenvalue weighted by molar-refractivity contribution is 5.90. The van der Waals surface area contributed by atoms with Crippen molar-refractivity contribution in [3.05, 3.63) is 58.7 Å². The summed E-state index contributed by atoms with van der Waals surface area (Å²) in [5, 5.41) is 15.1. The van der Waals surface area contributed by atoms with Gasteiger partial charge in [0.25, 0.3) is 0 Å². The molecule has 30 heavy (non-hydrogen) atoms. The van der Waals surface area contributed by atoms with E-state index in [0.29, 0.717) is 24.6 Å². The summed E-state index contributed by atoms with van der Waals surface area (Å²) in [6.07, 6.45) is -0.00755. The Morgan fingerprint density at radius 2 is 1.97 bits per heavy atom. The van der Waals surface area contributed by atoms with Crippen molar-refractivity contribution < 1.29 is 32.2 Å². The van der Waals surface area contributed by atoms with Gasteiger partial charge in [-0.25, -0.2) is 22.4 Å². The molecule has 9 heteroatoms. The van der Waals surface area contributed by atoms with Crippen LogP contribution in [0, 0.1) is 11.6 Å². The van der Waals surface area contributed by atoms with Crippen LogP contribution in [-0.2, 0) is 12.8 Å². The average Bonchev–Trinajstić information content (AvgIpc) is 3.10. The first-order valence-corrected chi connectivity index (χ1v) is 9.50. The molecule has 1 heterocycles. The first-order chi connectivity index (χ1) is 14.3. The van der Waals surface area contributed by atoms with Gasteiger partial charge in [0.2, 0.25) is 0 Å². The van der Waals surface area contributed by atoms with Crippen molar-refractivity contribution in [3.8, 4) is 5.75 Å². The third-order valence-corrected chi connectivity index (χ3v) is 5.52. The maximum absolute atomic E-state index is 14.2. The zero-order valence-corrected chi connectivity index (χ0v) is 15.9. The smallest absolute Gasteiger partial charge is 0.319 e. The van der Waals surface area contributed by atoms with Crippen LogP contribution < -0.4 is 15.4 Å². The van der Waals surface area contributed by atoms with E-state index in [9.17, 15) is 27.5 Å². The number of aliphatic hydroxyl groups excluding tert-OH is 1. The Morgan fingerprint density at radius 1 is 1.20 bits per heavy atom. The minimum atomic E-state index is -1.97. The van der Waals surface area contributed by atoms with Crippen LogP contribution in [0.25, 0.3) is 0 Å². The Kier molecular flexibility index (Phi) is 5.31. The molecule has 0 saturated heterocycles. The van der Waals surface area contributed by atoms with Crippen molar-refractivity contribution in [2.75, 3.05) is 18.7 Å². The van der Waals surface area contributed by atoms with Crippen molar-refractivity contribution in [2.24, 2.45) is 0 Å². The number of carbonyl (C=O) groups excluding carboxylic acids is 1. The van der Waals surface area contributed by atoms with E-state index in [1.807, 2.05) is 6.07 Å². The molecule has 2 atom stereocenters. The fourth-order valence-corrected chi connectivity index (χ4v) is 4.08. The van der Waals surface area contributed by atoms with Gasteiger partial charge < -0.3 is 20.5 Å². The minimum Gasteiger partial charge on any atom is -0.478 e. The molecule has 5 nitrogen and oxygen atoms in total. The summed E-state index contributed by atoms with van der Waals surface area (Å²) in [5.41, 5.74) is 0.193. The number of hydrogen-bond acceptors (Lipinski definition) is 3. The van der Waals surface area contributed by atoms with Gasteiger partial charge in [-0.3, -0.25) is 0 Å². The number of fused-ring (bicyclic) bond motifs is 2. The average molecular weight is 424 g/mol. The molecular formula is C21H20F4N2O3. The fraction of sp³-hybridized carbons (Fsp3) is 0.381. The second-order valence-corrected chi connectivity index (χ2v) is 7.72. The molecule has 3 N–H and O–H groups in total. The minimum absolute atomic E-state index is 0.0334. The Balaban J connectivity index is 1.60. The number of urea groups is 1. The third-order valence-electron chi connectivity index (χ3n) is 5.52. The summed E-state index contributed by atoms with van der Waals surface area (Å²) in [7, 11) is 0. The van der Waals surface area contributed by atoms with Crippen molar-refractivity contribution in [1.29, 1.82) is 0 Å². The maximum Gasteiger partial charge on any atom is 0.319 e. The topological polar surface area (TPSA) is 70.6 Å². The highest BCUT2D eigenvalue weighted by Gasteiger charge is 2.44. The number of benzene rings is 2. The van der Waals surface area contributed by atoms with Crippen molar-refractivity contribution in [3.63, 3.8) is 0 Å². The molecular weight excluding hydrogens is 404 g/mol. The van der Waals surface area contributed by atoms with E-state index in [1.165, 1.54) is 0 Å². The van der Waals surface area contributed by atoms with Crippen molar-refractivity contribution in [1.82, 2.24) is 5.32 Å². The van der Waals surface area contributed by atoms with Crippen LogP contribution in [0.5, 0.6) is 5.75 Å². The van der Waals surface area contributed by atoms with Gasteiger partial charge in [-0.1, -0.05) is 12.1 Å². The van der Waals surface area contributed by atoms with Crippen LogP contribution in [0.4, 0.5) is 28.0 Å². The molecule has 0 fully saturated rings. The molecule has 0 bridgehead atoms. The highest BCUT2D eigenvalue weighted by Crippen LogP contribution is 2.42. The standard InChI is InChI=1S/C21H20F4N2O3/c22-9-21(10-23)8-18(15-5-12(24)6-16(25)19(15)30-21)27-20(29)26-17-3-1-2-11-4-13(28)7-14(11)17/h1-3,5-6,13,18,28H,4,7-10H2,(H2,26,27,29)/t13-,18+/m0/s1. The summed E-state index contributed by atoms with van der Waals surface area (Å²) in [5.74, 6) is -2.48. The molecule has 160 valence electrons. The Bertz CT molecular complexity index is 981. The summed E-state index contributed by atoms with van der Waals surface area (Å²) in [4.78, 5) is 12.6. The lowest BCUT2D eigenvalue weighted by molar-refractivity contribution is -0.0139. The molecule has 2 aromatic rings. The lowest BCUT2D eigenvalue weighted by Crippen LogP contribution is -2.49. The molecule has 2 amide bonds. The molecule has 0 unspecified atom stereocenters. The van der Waals surface area contributed by atoms with Gasteiger partial charge in [-0.15, -0.1) is 0 Å². The lowest BCUT2D eigenvalue weighted by atomic mass is 9.88. The van der Waals surface area contributed by atoms with Gasteiger partial charge in [0.05, 0.1) is 12.1 Å². The Hall–Kier alpha value is -2.81. The number of nitrogens with one attached hydrogen (secondary N) is 2. The zero-order valence-electron chi connectivity index (χ0n) is 15.9. The SMILES string of the molecule is O=C(Nc1cccc2c1C[C@@H](O)C2)N[C@@H]1CC(CF)(CF)Oc2c(F)cc(F)cc21. The van der Waals surface area contributed by atoms with Crippen LogP contribution in [0.1, 0.15) is 29.2 Å². The van der Waals surface area contributed by atoms with E-state index in [4.69, 9.17) is 4.74 Å². The number of ether oxygens (including phenoxy) is 1. The number of anilines is 1. The first kappa shape index (κ1) is 20.5. The van der Waals surface area contributed by atoms with Crippen LogP contribution in [0.3, 0.4) is 0 Å². The number of halogens is 4. The Morgan fingerprint density at radius 3 is 2.70 bits per heavy atom. The second kappa shape index (κ2) is 7.79. The fourth-order valence-electron chi connectivity index (χ4n) is 4.08. The van der Waals surface area contributed by atoms with E-state index in [2.05, 4.69) is 10.6 Å². The van der Waals surface area contributed by atoms with E-state index in [0.717, 1.165) is 17.2 Å². The zero-order chi connectivity index (χ0) is 21.5. The van der Waals surface area contributed by atoms with Gasteiger partial charge in [0.15, 0.2) is 17.2 Å². The monoisotopic (exact) mass is 424 g/mol. The van der Waals surface area contributed by atoms with Crippen LogP contribution >= 0.6 is 0 Å². The molecule has 0 aromatic heterocycles. The quantitative estimate of drug-likeness (QED) is 0.655. The van der Waals surface area contributed by atoms with E-state index < -0.39 is 54.5 Å². The molecule has 1 aliphatic heterocycles.